The molecule has 0 saturated heterocycles. The second kappa shape index (κ2) is 6.63. The molecule has 0 fully saturated rings. The van der Waals surface area contributed by atoms with Crippen molar-refractivity contribution in [2.75, 3.05) is 6.54 Å². The van der Waals surface area contributed by atoms with Crippen LogP contribution in [0.2, 0.25) is 0 Å². The minimum Gasteiger partial charge on any atom is -0.329 e. The van der Waals surface area contributed by atoms with E-state index in [-0.39, 0.29) is 6.54 Å². The van der Waals surface area contributed by atoms with Gasteiger partial charge in [-0.2, -0.15) is 0 Å². The van der Waals surface area contributed by atoms with E-state index < -0.39 is 15.1 Å². The highest BCUT2D eigenvalue weighted by molar-refractivity contribution is 7.91. The van der Waals surface area contributed by atoms with Gasteiger partial charge in [-0.25, -0.2) is 8.42 Å². The highest BCUT2D eigenvalue weighted by Gasteiger charge is 2.27. The lowest BCUT2D eigenvalue weighted by Gasteiger charge is -2.17. The van der Waals surface area contributed by atoms with Crippen molar-refractivity contribution in [3.63, 3.8) is 0 Å². The van der Waals surface area contributed by atoms with Crippen LogP contribution < -0.4 is 5.73 Å². The lowest BCUT2D eigenvalue weighted by Crippen LogP contribution is -2.22. The summed E-state index contributed by atoms with van der Waals surface area (Å²) in [6.45, 7) is 6.22. The average Bonchev–Trinajstić information content (AvgIpc) is 2.48. The molecule has 118 valence electrons. The van der Waals surface area contributed by atoms with Gasteiger partial charge in [0.2, 0.25) is 0 Å². The smallest absolute Gasteiger partial charge is 0.186 e. The van der Waals surface area contributed by atoms with Gasteiger partial charge in [0.25, 0.3) is 0 Å². The highest BCUT2D eigenvalue weighted by Crippen LogP contribution is 2.29. The first-order chi connectivity index (χ1) is 10.4. The Bertz CT molecular complexity index is 717. The van der Waals surface area contributed by atoms with Gasteiger partial charge in [0, 0.05) is 6.54 Å². The van der Waals surface area contributed by atoms with E-state index in [2.05, 4.69) is 13.8 Å². The summed E-state index contributed by atoms with van der Waals surface area (Å²) in [5, 5.41) is -0.712. The third-order valence-electron chi connectivity index (χ3n) is 3.91. The molecule has 2 aromatic rings. The molecule has 0 spiro atoms. The molecule has 0 aliphatic carbocycles. The van der Waals surface area contributed by atoms with Gasteiger partial charge in [-0.3, -0.25) is 0 Å². The van der Waals surface area contributed by atoms with Gasteiger partial charge in [0.15, 0.2) is 9.84 Å². The SMILES string of the molecule is Cc1ccc(S(=O)(=O)[C@H](CN)c2ccc(C(C)C)cc2)cc1. The first-order valence-electron chi connectivity index (χ1n) is 7.46. The number of hydrogen-bond donors (Lipinski definition) is 1. The van der Waals surface area contributed by atoms with Gasteiger partial charge in [-0.15, -0.1) is 0 Å². The third-order valence-corrected chi connectivity index (χ3v) is 6.06. The number of aryl methyl sites for hydroxylation is 1. The molecule has 2 N–H and O–H groups in total. The maximum absolute atomic E-state index is 12.8. The lowest BCUT2D eigenvalue weighted by molar-refractivity contribution is 0.582. The third kappa shape index (κ3) is 3.39. The molecular formula is C18H23NO2S. The maximum Gasteiger partial charge on any atom is 0.186 e. The van der Waals surface area contributed by atoms with E-state index in [1.807, 2.05) is 43.3 Å². The van der Waals surface area contributed by atoms with Crippen LogP contribution in [0, 0.1) is 6.92 Å². The molecule has 22 heavy (non-hydrogen) atoms. The van der Waals surface area contributed by atoms with Crippen LogP contribution in [0.15, 0.2) is 53.4 Å². The van der Waals surface area contributed by atoms with Crippen molar-refractivity contribution in [3.05, 3.63) is 65.2 Å². The summed E-state index contributed by atoms with van der Waals surface area (Å²) in [6, 6.07) is 14.6. The fourth-order valence-electron chi connectivity index (χ4n) is 2.43. The monoisotopic (exact) mass is 317 g/mol. The normalized spacial score (nSPS) is 13.3. The van der Waals surface area contributed by atoms with Crippen molar-refractivity contribution in [3.8, 4) is 0 Å². The van der Waals surface area contributed by atoms with E-state index in [0.29, 0.717) is 10.8 Å². The second-order valence-corrected chi connectivity index (χ2v) is 8.03. The van der Waals surface area contributed by atoms with Crippen molar-refractivity contribution in [2.24, 2.45) is 5.73 Å². The Morgan fingerprint density at radius 3 is 1.86 bits per heavy atom. The Morgan fingerprint density at radius 1 is 0.909 bits per heavy atom. The summed E-state index contributed by atoms with van der Waals surface area (Å²) in [7, 11) is -3.48. The van der Waals surface area contributed by atoms with Crippen LogP contribution in [0.3, 0.4) is 0 Å². The van der Waals surface area contributed by atoms with Gasteiger partial charge in [-0.05, 0) is 36.1 Å². The lowest BCUT2D eigenvalue weighted by atomic mass is 10.0. The molecule has 0 heterocycles. The predicted molar refractivity (Wildman–Crippen MR) is 90.7 cm³/mol. The predicted octanol–water partition coefficient (Wildman–Crippen LogP) is 3.59. The van der Waals surface area contributed by atoms with Crippen molar-refractivity contribution in [1.82, 2.24) is 0 Å². The summed E-state index contributed by atoms with van der Waals surface area (Å²) in [4.78, 5) is 0.321. The van der Waals surface area contributed by atoms with Crippen molar-refractivity contribution in [2.45, 2.75) is 36.8 Å². The fraction of sp³-hybridized carbons (Fsp3) is 0.333. The van der Waals surface area contributed by atoms with Crippen LogP contribution in [0.5, 0.6) is 0 Å². The van der Waals surface area contributed by atoms with Gasteiger partial charge in [-0.1, -0.05) is 55.8 Å². The summed E-state index contributed by atoms with van der Waals surface area (Å²) < 4.78 is 25.6. The molecule has 0 bridgehead atoms. The number of sulfone groups is 1. The maximum atomic E-state index is 12.8. The Labute approximate surface area is 133 Å². The summed E-state index contributed by atoms with van der Waals surface area (Å²) in [5.41, 5.74) is 8.74. The Kier molecular flexibility index (Phi) is 5.04. The fourth-order valence-corrected chi connectivity index (χ4v) is 4.04. The molecule has 0 unspecified atom stereocenters. The summed E-state index contributed by atoms with van der Waals surface area (Å²) in [5.74, 6) is 0.416. The van der Waals surface area contributed by atoms with Gasteiger partial charge in [0.05, 0.1) is 4.90 Å². The Balaban J connectivity index is 2.40. The van der Waals surface area contributed by atoms with Crippen LogP contribution in [0.25, 0.3) is 0 Å². The highest BCUT2D eigenvalue weighted by atomic mass is 32.2. The molecule has 0 aliphatic rings. The zero-order valence-corrected chi connectivity index (χ0v) is 14.1. The van der Waals surface area contributed by atoms with Crippen molar-refractivity contribution in [1.29, 1.82) is 0 Å². The van der Waals surface area contributed by atoms with Crippen molar-refractivity contribution >= 4 is 9.84 Å². The van der Waals surface area contributed by atoms with Crippen LogP contribution in [-0.4, -0.2) is 15.0 Å². The number of rotatable bonds is 5. The van der Waals surface area contributed by atoms with E-state index in [0.717, 1.165) is 11.1 Å². The Hall–Kier alpha value is -1.65. The standard InChI is InChI=1S/C18H23NO2S/c1-13(2)15-6-8-16(9-7-15)18(12-19)22(20,21)17-10-4-14(3)5-11-17/h4-11,13,18H,12,19H2,1-3H3/t18-/m1/s1. The van der Waals surface area contributed by atoms with E-state index in [9.17, 15) is 8.42 Å². The summed E-state index contributed by atoms with van der Waals surface area (Å²) >= 11 is 0. The molecular weight excluding hydrogens is 294 g/mol. The number of nitrogens with two attached hydrogens (primary N) is 1. The zero-order valence-electron chi connectivity index (χ0n) is 13.3. The topological polar surface area (TPSA) is 60.2 Å². The molecule has 3 nitrogen and oxygen atoms in total. The quantitative estimate of drug-likeness (QED) is 0.916. The average molecular weight is 317 g/mol. The van der Waals surface area contributed by atoms with E-state index in [4.69, 9.17) is 5.73 Å². The summed E-state index contributed by atoms with van der Waals surface area (Å²) in [6.07, 6.45) is 0. The molecule has 0 amide bonds. The first kappa shape index (κ1) is 16.7. The number of benzene rings is 2. The number of hydrogen-bond acceptors (Lipinski definition) is 3. The van der Waals surface area contributed by atoms with E-state index in [1.165, 1.54) is 5.56 Å². The zero-order chi connectivity index (χ0) is 16.3. The molecule has 2 rings (SSSR count). The van der Waals surface area contributed by atoms with Gasteiger partial charge < -0.3 is 5.73 Å². The van der Waals surface area contributed by atoms with E-state index in [1.54, 1.807) is 12.1 Å². The van der Waals surface area contributed by atoms with Crippen molar-refractivity contribution < 1.29 is 8.42 Å². The molecule has 0 saturated carbocycles. The minimum atomic E-state index is -3.48. The van der Waals surface area contributed by atoms with Crippen LogP contribution in [-0.2, 0) is 9.84 Å². The minimum absolute atomic E-state index is 0.0667. The van der Waals surface area contributed by atoms with Crippen LogP contribution in [0.4, 0.5) is 0 Å². The first-order valence-corrected chi connectivity index (χ1v) is 9.01. The Morgan fingerprint density at radius 2 is 1.41 bits per heavy atom. The molecule has 0 radical (unpaired) electrons. The van der Waals surface area contributed by atoms with Gasteiger partial charge in [0.1, 0.15) is 5.25 Å². The second-order valence-electron chi connectivity index (χ2n) is 5.90. The van der Waals surface area contributed by atoms with Crippen LogP contribution in [0.1, 0.15) is 41.7 Å². The molecule has 0 aliphatic heterocycles. The molecule has 1 atom stereocenters. The van der Waals surface area contributed by atoms with Crippen LogP contribution >= 0.6 is 0 Å². The molecule has 2 aromatic carbocycles. The largest absolute Gasteiger partial charge is 0.329 e. The molecule has 0 aromatic heterocycles. The molecule has 4 heteroatoms. The van der Waals surface area contributed by atoms with Gasteiger partial charge >= 0.3 is 0 Å². The van der Waals surface area contributed by atoms with E-state index >= 15 is 0 Å².